The van der Waals surface area contributed by atoms with Gasteiger partial charge in [0.25, 0.3) is 0 Å². The molecule has 0 spiro atoms. The van der Waals surface area contributed by atoms with Crippen LogP contribution in [0.5, 0.6) is 0 Å². The number of hydrogen-bond donors (Lipinski definition) is 0. The van der Waals surface area contributed by atoms with Crippen LogP contribution in [0, 0.1) is 4.77 Å². The molecule has 3 heterocycles. The van der Waals surface area contributed by atoms with Crippen molar-refractivity contribution < 1.29 is 0 Å². The molecule has 0 N–H and O–H groups in total. The number of likely N-dealkylation sites (tertiary alicyclic amines) is 1. The van der Waals surface area contributed by atoms with Crippen LogP contribution in [0.1, 0.15) is 24.4 Å². The molecule has 1 atom stereocenters. The molecule has 5 nitrogen and oxygen atoms in total. The lowest BCUT2D eigenvalue weighted by molar-refractivity contribution is 0.190. The molecule has 4 rings (SSSR count). The third kappa shape index (κ3) is 3.15. The monoisotopic (exact) mass is 351 g/mol. The standard InChI is InChI=1S/C19H21N5S/c1-22-18(16-9-5-11-20-13-16)21-24(19(22)25)14-23-12-6-10-17(23)15-7-3-2-4-8-15/h2-5,7-9,11,13,17H,6,10,12,14H2,1H3/t17-/m1/s1. The lowest BCUT2D eigenvalue weighted by Crippen LogP contribution is -2.27. The van der Waals surface area contributed by atoms with Gasteiger partial charge in [-0.25, -0.2) is 4.68 Å². The number of rotatable bonds is 4. The number of aromatic nitrogens is 4. The number of hydrogen-bond acceptors (Lipinski definition) is 4. The first-order valence-electron chi connectivity index (χ1n) is 8.57. The van der Waals surface area contributed by atoms with Gasteiger partial charge in [-0.05, 0) is 42.8 Å². The SMILES string of the molecule is Cn1c(-c2cccnc2)nn(CN2CCC[C@@H]2c2ccccc2)c1=S. The van der Waals surface area contributed by atoms with Crippen LogP contribution >= 0.6 is 12.2 Å². The predicted octanol–water partition coefficient (Wildman–Crippen LogP) is 3.81. The molecule has 1 fully saturated rings. The molecule has 1 aliphatic rings. The Morgan fingerprint density at radius 2 is 2.00 bits per heavy atom. The highest BCUT2D eigenvalue weighted by Gasteiger charge is 2.26. The molecule has 0 bridgehead atoms. The first-order valence-corrected chi connectivity index (χ1v) is 8.98. The molecule has 0 radical (unpaired) electrons. The van der Waals surface area contributed by atoms with Crippen molar-refractivity contribution in [2.24, 2.45) is 7.05 Å². The fourth-order valence-corrected chi connectivity index (χ4v) is 3.73. The van der Waals surface area contributed by atoms with Crippen molar-refractivity contribution in [2.75, 3.05) is 6.54 Å². The van der Waals surface area contributed by atoms with Gasteiger partial charge in [0.2, 0.25) is 0 Å². The lowest BCUT2D eigenvalue weighted by Gasteiger charge is -2.24. The van der Waals surface area contributed by atoms with Crippen molar-refractivity contribution in [2.45, 2.75) is 25.6 Å². The molecule has 25 heavy (non-hydrogen) atoms. The average molecular weight is 351 g/mol. The van der Waals surface area contributed by atoms with Gasteiger partial charge in [0, 0.05) is 37.6 Å². The number of nitrogens with zero attached hydrogens (tertiary/aromatic N) is 5. The Bertz CT molecular complexity index is 901. The molecule has 2 aromatic heterocycles. The molecule has 6 heteroatoms. The summed E-state index contributed by atoms with van der Waals surface area (Å²) in [6.07, 6.45) is 5.97. The van der Waals surface area contributed by atoms with E-state index in [1.165, 1.54) is 18.4 Å². The van der Waals surface area contributed by atoms with Crippen LogP contribution in [0.3, 0.4) is 0 Å². The maximum Gasteiger partial charge on any atom is 0.199 e. The molecular weight excluding hydrogens is 330 g/mol. The van der Waals surface area contributed by atoms with E-state index in [1.54, 1.807) is 6.20 Å². The summed E-state index contributed by atoms with van der Waals surface area (Å²) in [6, 6.07) is 15.1. The van der Waals surface area contributed by atoms with E-state index in [1.807, 2.05) is 34.6 Å². The molecule has 1 aliphatic heterocycles. The summed E-state index contributed by atoms with van der Waals surface area (Å²) in [5, 5.41) is 4.76. The van der Waals surface area contributed by atoms with E-state index in [4.69, 9.17) is 17.3 Å². The third-order valence-corrected chi connectivity index (χ3v) is 5.31. The molecule has 0 aliphatic carbocycles. The molecule has 0 unspecified atom stereocenters. The second-order valence-electron chi connectivity index (χ2n) is 6.43. The fourth-order valence-electron chi connectivity index (χ4n) is 3.55. The molecular formula is C19H21N5S. The number of pyridine rings is 1. The summed E-state index contributed by atoms with van der Waals surface area (Å²) < 4.78 is 4.62. The topological polar surface area (TPSA) is 38.9 Å². The summed E-state index contributed by atoms with van der Waals surface area (Å²) in [5.74, 6) is 0.855. The van der Waals surface area contributed by atoms with Crippen LogP contribution in [-0.2, 0) is 13.7 Å². The van der Waals surface area contributed by atoms with E-state index in [0.29, 0.717) is 12.7 Å². The van der Waals surface area contributed by atoms with Gasteiger partial charge in [0.15, 0.2) is 10.6 Å². The molecule has 0 amide bonds. The Labute approximate surface area is 152 Å². The summed E-state index contributed by atoms with van der Waals surface area (Å²) in [5.41, 5.74) is 2.35. The highest BCUT2D eigenvalue weighted by molar-refractivity contribution is 7.71. The van der Waals surface area contributed by atoms with Gasteiger partial charge in [0.05, 0.1) is 6.67 Å². The van der Waals surface area contributed by atoms with Gasteiger partial charge < -0.3 is 4.57 Å². The van der Waals surface area contributed by atoms with Gasteiger partial charge in [-0.1, -0.05) is 30.3 Å². The zero-order valence-corrected chi connectivity index (χ0v) is 15.1. The van der Waals surface area contributed by atoms with Gasteiger partial charge in [-0.15, -0.1) is 0 Å². The Morgan fingerprint density at radius 3 is 2.76 bits per heavy atom. The van der Waals surface area contributed by atoms with E-state index in [-0.39, 0.29) is 0 Å². The maximum atomic E-state index is 5.62. The summed E-state index contributed by atoms with van der Waals surface area (Å²) in [4.78, 5) is 6.65. The minimum atomic E-state index is 0.437. The summed E-state index contributed by atoms with van der Waals surface area (Å²) in [7, 11) is 1.97. The smallest absolute Gasteiger partial charge is 0.199 e. The predicted molar refractivity (Wildman–Crippen MR) is 100 cm³/mol. The van der Waals surface area contributed by atoms with Crippen molar-refractivity contribution in [1.82, 2.24) is 24.2 Å². The Morgan fingerprint density at radius 1 is 1.16 bits per heavy atom. The summed E-state index contributed by atoms with van der Waals surface area (Å²) in [6.45, 7) is 1.78. The largest absolute Gasteiger partial charge is 0.303 e. The summed E-state index contributed by atoms with van der Waals surface area (Å²) >= 11 is 5.62. The number of benzene rings is 1. The highest BCUT2D eigenvalue weighted by atomic mass is 32.1. The molecule has 3 aromatic rings. The second-order valence-corrected chi connectivity index (χ2v) is 6.79. The van der Waals surface area contributed by atoms with Crippen LogP contribution in [-0.4, -0.2) is 30.8 Å². The van der Waals surface area contributed by atoms with Crippen LogP contribution in [0.25, 0.3) is 11.4 Å². The maximum absolute atomic E-state index is 5.62. The Balaban J connectivity index is 1.62. The second kappa shape index (κ2) is 6.90. The van der Waals surface area contributed by atoms with Crippen LogP contribution in [0.4, 0.5) is 0 Å². The van der Waals surface area contributed by atoms with Gasteiger partial charge in [-0.2, -0.15) is 5.10 Å². The van der Waals surface area contributed by atoms with E-state index >= 15 is 0 Å². The van der Waals surface area contributed by atoms with Crippen molar-refractivity contribution in [3.63, 3.8) is 0 Å². The molecule has 1 aromatic carbocycles. The normalized spacial score (nSPS) is 17.9. The van der Waals surface area contributed by atoms with E-state index in [0.717, 1.165) is 22.7 Å². The third-order valence-electron chi connectivity index (χ3n) is 4.82. The van der Waals surface area contributed by atoms with Gasteiger partial charge in [0.1, 0.15) is 0 Å². The van der Waals surface area contributed by atoms with E-state index in [2.05, 4.69) is 40.2 Å². The van der Waals surface area contributed by atoms with E-state index in [9.17, 15) is 0 Å². The minimum Gasteiger partial charge on any atom is -0.303 e. The van der Waals surface area contributed by atoms with Crippen LogP contribution in [0.15, 0.2) is 54.9 Å². The molecule has 128 valence electrons. The van der Waals surface area contributed by atoms with Gasteiger partial charge >= 0.3 is 0 Å². The van der Waals surface area contributed by atoms with Crippen molar-refractivity contribution in [3.05, 3.63) is 65.2 Å². The highest BCUT2D eigenvalue weighted by Crippen LogP contribution is 2.32. The van der Waals surface area contributed by atoms with Gasteiger partial charge in [-0.3, -0.25) is 9.88 Å². The lowest BCUT2D eigenvalue weighted by atomic mass is 10.1. The Kier molecular flexibility index (Phi) is 4.46. The van der Waals surface area contributed by atoms with Crippen LogP contribution < -0.4 is 0 Å². The Hall–Kier alpha value is -2.31. The molecule has 1 saturated heterocycles. The fraction of sp³-hybridized carbons (Fsp3) is 0.316. The first-order chi connectivity index (χ1) is 12.2. The van der Waals surface area contributed by atoms with Crippen LogP contribution in [0.2, 0.25) is 0 Å². The van der Waals surface area contributed by atoms with Crippen molar-refractivity contribution >= 4 is 12.2 Å². The minimum absolute atomic E-state index is 0.437. The quantitative estimate of drug-likeness (QED) is 0.670. The van der Waals surface area contributed by atoms with Crippen molar-refractivity contribution in [3.8, 4) is 11.4 Å². The van der Waals surface area contributed by atoms with E-state index < -0.39 is 0 Å². The molecule has 0 saturated carbocycles. The zero-order chi connectivity index (χ0) is 17.2. The first kappa shape index (κ1) is 16.2. The zero-order valence-electron chi connectivity index (χ0n) is 14.2. The average Bonchev–Trinajstić information content (AvgIpc) is 3.23. The van der Waals surface area contributed by atoms with Crippen molar-refractivity contribution in [1.29, 1.82) is 0 Å².